The van der Waals surface area contributed by atoms with Gasteiger partial charge in [-0.05, 0) is 80.6 Å². The number of rotatable bonds is 11. The predicted octanol–water partition coefficient (Wildman–Crippen LogP) is 6.84. The monoisotopic (exact) mass is 503 g/mol. The number of halogens is 1. The molecule has 3 aromatic carbocycles. The summed E-state index contributed by atoms with van der Waals surface area (Å²) in [5.74, 6) is 1.92. The number of ether oxygens (including phenoxy) is 1. The second-order valence-corrected chi connectivity index (χ2v) is 9.65. The van der Waals surface area contributed by atoms with E-state index in [9.17, 15) is 4.79 Å². The largest absolute Gasteiger partial charge is 0.492 e. The molecule has 6 heteroatoms. The Bertz CT molecular complexity index is 1320. The Morgan fingerprint density at radius 3 is 2.44 bits per heavy atom. The molecular weight excluding hydrogens is 470 g/mol. The highest BCUT2D eigenvalue weighted by Gasteiger charge is 2.11. The number of para-hydroxylation sites is 2. The van der Waals surface area contributed by atoms with Crippen molar-refractivity contribution >= 4 is 28.5 Å². The van der Waals surface area contributed by atoms with Crippen LogP contribution in [0, 0.1) is 20.8 Å². The topological polar surface area (TPSA) is 56.2 Å². The number of unbranched alkanes of at least 4 members (excludes halogenated alkanes) is 2. The molecule has 0 atom stereocenters. The van der Waals surface area contributed by atoms with E-state index in [2.05, 4.69) is 22.0 Å². The van der Waals surface area contributed by atoms with Crippen LogP contribution >= 0.6 is 11.6 Å². The van der Waals surface area contributed by atoms with Gasteiger partial charge in [0.25, 0.3) is 5.91 Å². The van der Waals surface area contributed by atoms with E-state index in [0.717, 1.165) is 82.1 Å². The van der Waals surface area contributed by atoms with Gasteiger partial charge in [-0.15, -0.1) is 0 Å². The van der Waals surface area contributed by atoms with E-state index >= 15 is 0 Å². The van der Waals surface area contributed by atoms with Gasteiger partial charge in [0.05, 0.1) is 17.6 Å². The number of carbonyl (C=O) groups is 1. The van der Waals surface area contributed by atoms with Crippen molar-refractivity contribution in [1.82, 2.24) is 14.9 Å². The quantitative estimate of drug-likeness (QED) is 0.228. The molecule has 188 valence electrons. The number of amides is 1. The fourth-order valence-electron chi connectivity index (χ4n) is 4.52. The lowest BCUT2D eigenvalue weighted by Gasteiger charge is -2.13. The summed E-state index contributed by atoms with van der Waals surface area (Å²) in [4.78, 5) is 17.3. The van der Waals surface area contributed by atoms with Gasteiger partial charge in [-0.1, -0.05) is 48.4 Å². The standard InChI is InChI=1S/C30H34ClN3O2/c1-21-11-6-7-12-25(21)30(35)32-16-10-4-5-15-28-33-26-13-8-9-14-27(26)34(28)17-18-36-24-19-22(2)29(31)23(3)20-24/h6-9,11-14,19-20H,4-5,10,15-18H2,1-3H3,(H,32,35). The van der Waals surface area contributed by atoms with Crippen molar-refractivity contribution < 1.29 is 9.53 Å². The molecule has 1 N–H and O–H groups in total. The zero-order valence-electron chi connectivity index (χ0n) is 21.3. The molecule has 0 aliphatic rings. The van der Waals surface area contributed by atoms with Gasteiger partial charge >= 0.3 is 0 Å². The average molecular weight is 504 g/mol. The van der Waals surface area contributed by atoms with E-state index < -0.39 is 0 Å². The van der Waals surface area contributed by atoms with Gasteiger partial charge in [-0.3, -0.25) is 4.79 Å². The number of hydrogen-bond donors (Lipinski definition) is 1. The molecule has 0 saturated carbocycles. The SMILES string of the molecule is Cc1ccccc1C(=O)NCCCCCc1nc2ccccc2n1CCOc1cc(C)c(Cl)c(C)c1. The van der Waals surface area contributed by atoms with E-state index in [1.165, 1.54) is 0 Å². The van der Waals surface area contributed by atoms with Crippen molar-refractivity contribution in [3.8, 4) is 5.75 Å². The lowest BCUT2D eigenvalue weighted by molar-refractivity contribution is 0.0952. The Balaban J connectivity index is 1.30. The van der Waals surface area contributed by atoms with E-state index in [1.807, 2.05) is 69.3 Å². The van der Waals surface area contributed by atoms with Crippen molar-refractivity contribution in [3.05, 3.63) is 93.8 Å². The smallest absolute Gasteiger partial charge is 0.251 e. The third kappa shape index (κ3) is 6.27. The molecule has 4 aromatic rings. The first kappa shape index (κ1) is 25.8. The summed E-state index contributed by atoms with van der Waals surface area (Å²) in [5, 5.41) is 3.83. The Morgan fingerprint density at radius 1 is 0.944 bits per heavy atom. The van der Waals surface area contributed by atoms with Crippen LogP contribution < -0.4 is 10.1 Å². The fraction of sp³-hybridized carbons (Fsp3) is 0.333. The number of aryl methyl sites for hydroxylation is 4. The Kier molecular flexibility index (Phi) is 8.65. The molecule has 0 aliphatic heterocycles. The molecule has 36 heavy (non-hydrogen) atoms. The normalized spacial score (nSPS) is 11.1. The minimum absolute atomic E-state index is 0.000896. The summed E-state index contributed by atoms with van der Waals surface area (Å²) >= 11 is 6.29. The molecule has 0 fully saturated rings. The number of benzene rings is 3. The molecule has 1 heterocycles. The Labute approximate surface area is 218 Å². The zero-order valence-corrected chi connectivity index (χ0v) is 22.1. The Hall–Kier alpha value is -3.31. The molecule has 0 saturated heterocycles. The summed E-state index contributed by atoms with van der Waals surface area (Å²) in [6, 6.07) is 19.9. The molecule has 1 aromatic heterocycles. The molecule has 4 rings (SSSR count). The number of nitrogens with one attached hydrogen (secondary N) is 1. The minimum Gasteiger partial charge on any atom is -0.492 e. The number of fused-ring (bicyclic) bond motifs is 1. The van der Waals surface area contributed by atoms with Gasteiger partial charge in [0.1, 0.15) is 18.2 Å². The summed E-state index contributed by atoms with van der Waals surface area (Å²) in [6.45, 7) is 7.92. The number of hydrogen-bond acceptors (Lipinski definition) is 3. The number of nitrogens with zero attached hydrogens (tertiary/aromatic N) is 2. The molecule has 0 radical (unpaired) electrons. The van der Waals surface area contributed by atoms with Gasteiger partial charge in [0.15, 0.2) is 0 Å². The second kappa shape index (κ2) is 12.1. The van der Waals surface area contributed by atoms with Crippen LogP contribution in [0.15, 0.2) is 60.7 Å². The first-order valence-corrected chi connectivity index (χ1v) is 13.0. The highest BCUT2D eigenvalue weighted by Crippen LogP contribution is 2.26. The first-order valence-electron chi connectivity index (χ1n) is 12.6. The van der Waals surface area contributed by atoms with Crippen molar-refractivity contribution in [2.24, 2.45) is 0 Å². The first-order chi connectivity index (χ1) is 17.4. The average Bonchev–Trinajstić information content (AvgIpc) is 3.22. The molecule has 0 spiro atoms. The molecule has 0 bridgehead atoms. The number of imidazole rings is 1. The molecule has 0 unspecified atom stereocenters. The van der Waals surface area contributed by atoms with Crippen molar-refractivity contribution in [1.29, 1.82) is 0 Å². The Morgan fingerprint density at radius 2 is 1.67 bits per heavy atom. The lowest BCUT2D eigenvalue weighted by atomic mass is 10.1. The van der Waals surface area contributed by atoms with Crippen LogP contribution in [0.4, 0.5) is 0 Å². The van der Waals surface area contributed by atoms with E-state index in [4.69, 9.17) is 21.3 Å². The zero-order chi connectivity index (χ0) is 25.5. The molecular formula is C30H34ClN3O2. The fourth-order valence-corrected chi connectivity index (χ4v) is 4.63. The highest BCUT2D eigenvalue weighted by molar-refractivity contribution is 6.32. The van der Waals surface area contributed by atoms with Crippen LogP contribution in [0.3, 0.4) is 0 Å². The maximum Gasteiger partial charge on any atom is 0.251 e. The van der Waals surface area contributed by atoms with Gasteiger partial charge < -0.3 is 14.6 Å². The van der Waals surface area contributed by atoms with Crippen molar-refractivity contribution in [2.75, 3.05) is 13.2 Å². The third-order valence-corrected chi connectivity index (χ3v) is 7.08. The molecule has 5 nitrogen and oxygen atoms in total. The van der Waals surface area contributed by atoms with Crippen molar-refractivity contribution in [2.45, 2.75) is 53.0 Å². The van der Waals surface area contributed by atoms with Crippen LogP contribution in [-0.2, 0) is 13.0 Å². The summed E-state index contributed by atoms with van der Waals surface area (Å²) < 4.78 is 8.35. The summed E-state index contributed by atoms with van der Waals surface area (Å²) in [6.07, 6.45) is 3.87. The van der Waals surface area contributed by atoms with Crippen LogP contribution in [0.2, 0.25) is 5.02 Å². The van der Waals surface area contributed by atoms with Gasteiger partial charge in [-0.2, -0.15) is 0 Å². The van der Waals surface area contributed by atoms with Crippen LogP contribution in [-0.4, -0.2) is 28.6 Å². The maximum atomic E-state index is 12.4. The maximum absolute atomic E-state index is 12.4. The van der Waals surface area contributed by atoms with Gasteiger partial charge in [-0.25, -0.2) is 4.98 Å². The minimum atomic E-state index is 0.000896. The lowest BCUT2D eigenvalue weighted by Crippen LogP contribution is -2.25. The summed E-state index contributed by atoms with van der Waals surface area (Å²) in [5.41, 5.74) is 5.93. The summed E-state index contributed by atoms with van der Waals surface area (Å²) in [7, 11) is 0. The van der Waals surface area contributed by atoms with Gasteiger partial charge in [0.2, 0.25) is 0 Å². The van der Waals surface area contributed by atoms with Crippen LogP contribution in [0.5, 0.6) is 5.75 Å². The molecule has 1 amide bonds. The number of aromatic nitrogens is 2. The highest BCUT2D eigenvalue weighted by atomic mass is 35.5. The van der Waals surface area contributed by atoms with Crippen LogP contribution in [0.1, 0.15) is 52.1 Å². The number of carbonyl (C=O) groups excluding carboxylic acids is 1. The van der Waals surface area contributed by atoms with E-state index in [1.54, 1.807) is 0 Å². The van der Waals surface area contributed by atoms with E-state index in [0.29, 0.717) is 13.2 Å². The van der Waals surface area contributed by atoms with Crippen molar-refractivity contribution in [3.63, 3.8) is 0 Å². The van der Waals surface area contributed by atoms with Crippen LogP contribution in [0.25, 0.3) is 11.0 Å². The second-order valence-electron chi connectivity index (χ2n) is 9.27. The van der Waals surface area contributed by atoms with Gasteiger partial charge in [0, 0.05) is 23.6 Å². The van der Waals surface area contributed by atoms with E-state index in [-0.39, 0.29) is 5.91 Å². The predicted molar refractivity (Wildman–Crippen MR) is 147 cm³/mol. The third-order valence-electron chi connectivity index (χ3n) is 6.48. The molecule has 0 aliphatic carbocycles.